The lowest BCUT2D eigenvalue weighted by atomic mass is 9.99. The van der Waals surface area contributed by atoms with E-state index in [9.17, 15) is 19.5 Å². The lowest BCUT2D eigenvalue weighted by Gasteiger charge is -2.21. The number of nitriles is 1. The highest BCUT2D eigenvalue weighted by Crippen LogP contribution is 2.41. The van der Waals surface area contributed by atoms with E-state index in [0.29, 0.717) is 22.3 Å². The number of amides is 2. The van der Waals surface area contributed by atoms with Gasteiger partial charge in [0.1, 0.15) is 16.8 Å². The number of aromatic nitrogens is 1. The van der Waals surface area contributed by atoms with Gasteiger partial charge in [0.25, 0.3) is 5.91 Å². The third-order valence-corrected chi connectivity index (χ3v) is 5.50. The van der Waals surface area contributed by atoms with Crippen LogP contribution in [0.2, 0.25) is 0 Å². The Bertz CT molecular complexity index is 1660. The minimum Gasteiger partial charge on any atom is -0.494 e. The summed E-state index contributed by atoms with van der Waals surface area (Å²) in [4.78, 5) is 46.2. The second-order valence-corrected chi connectivity index (χ2v) is 11.0. The normalized spacial score (nSPS) is 12.5. The molecule has 0 fully saturated rings. The number of hydrogen-bond donors (Lipinski definition) is 1. The molecule has 1 aliphatic rings. The molecule has 2 aromatic carbocycles. The zero-order valence-electron chi connectivity index (χ0n) is 22.9. The number of aromatic hydroxyl groups is 1. The number of fused-ring (bicyclic) bond motifs is 1. The molecule has 0 saturated carbocycles. The van der Waals surface area contributed by atoms with Gasteiger partial charge in [0.2, 0.25) is 5.88 Å². The number of aliphatic imine (C=N–C) groups is 1. The van der Waals surface area contributed by atoms with Crippen LogP contribution in [-0.2, 0) is 9.47 Å². The number of rotatable bonds is 2. The standard InChI is InChI=1S/C30H26N4O6/c1-29(2,3)39-27(37)32-16-18-9-13-20(14-10-18)24-22-21(26(36)34(24)28(38)40-30(4,5)6)23(33-25(22)35)19-11-7-17(15-31)8-12-19/h7-14H,1-6H3/p+1. The van der Waals surface area contributed by atoms with E-state index in [2.05, 4.69) is 15.9 Å². The van der Waals surface area contributed by atoms with Crippen molar-refractivity contribution in [2.45, 2.75) is 52.7 Å². The van der Waals surface area contributed by atoms with Crippen molar-refractivity contribution in [1.82, 2.24) is 4.57 Å². The predicted molar refractivity (Wildman–Crippen MR) is 147 cm³/mol. The quantitative estimate of drug-likeness (QED) is 0.414. The minimum atomic E-state index is -0.888. The first-order chi connectivity index (χ1) is 18.7. The summed E-state index contributed by atoms with van der Waals surface area (Å²) in [5, 5.41) is 20.4. The number of carbonyl (C=O) groups is 3. The number of ether oxygens (including phenoxy) is 2. The molecule has 0 bridgehead atoms. The maximum Gasteiger partial charge on any atom is 0.728 e. The molecule has 0 atom stereocenters. The Morgan fingerprint density at radius 3 is 1.98 bits per heavy atom. The molecule has 4 rings (SSSR count). The van der Waals surface area contributed by atoms with Crippen molar-refractivity contribution in [2.75, 3.05) is 0 Å². The maximum absolute atomic E-state index is 13.3. The smallest absolute Gasteiger partial charge is 0.494 e. The third-order valence-electron chi connectivity index (χ3n) is 5.50. The number of hydrogen-bond acceptors (Lipinski definition) is 7. The van der Waals surface area contributed by atoms with Crippen molar-refractivity contribution in [3.05, 3.63) is 81.2 Å². The van der Waals surface area contributed by atoms with E-state index in [0.717, 1.165) is 4.57 Å². The summed E-state index contributed by atoms with van der Waals surface area (Å²) < 4.78 is 11.6. The summed E-state index contributed by atoms with van der Waals surface area (Å²) in [6.07, 6.45) is -1.68. The van der Waals surface area contributed by atoms with Crippen LogP contribution in [0.15, 0.2) is 53.5 Å². The highest BCUT2D eigenvalue weighted by molar-refractivity contribution is 6.31. The van der Waals surface area contributed by atoms with Gasteiger partial charge in [-0.2, -0.15) is 10.1 Å². The second-order valence-electron chi connectivity index (χ2n) is 11.0. The highest BCUT2D eigenvalue weighted by atomic mass is 16.6. The SMILES string of the molecule is CC(C)(C)OC(=O)[N+]#Cc1ccc(-c2c3c(c(O)n2C(=O)OC(C)(C)C)C(c2ccc(C#N)cc2)=NC3=O)cc1. The molecular formula is C30H27N4O6+. The molecule has 2 amide bonds. The van der Waals surface area contributed by atoms with E-state index in [1.807, 2.05) is 6.07 Å². The van der Waals surface area contributed by atoms with Gasteiger partial charge in [-0.1, -0.05) is 24.3 Å². The molecule has 0 radical (unpaired) electrons. The summed E-state index contributed by atoms with van der Waals surface area (Å²) in [6.45, 7) is 10.2. The average molecular weight is 540 g/mol. The summed E-state index contributed by atoms with van der Waals surface area (Å²) in [5.74, 6) is -1.15. The Kier molecular flexibility index (Phi) is 7.06. The Balaban J connectivity index is 1.82. The van der Waals surface area contributed by atoms with Crippen LogP contribution in [0, 0.1) is 17.4 Å². The van der Waals surface area contributed by atoms with E-state index in [1.165, 1.54) is 0 Å². The molecule has 10 nitrogen and oxygen atoms in total. The molecule has 0 aliphatic carbocycles. The lowest BCUT2D eigenvalue weighted by molar-refractivity contribution is 0.0527. The number of nitrogens with zero attached hydrogens (tertiary/aromatic N) is 4. The Hall–Kier alpha value is -5.22. The zero-order valence-corrected chi connectivity index (χ0v) is 22.9. The second kappa shape index (κ2) is 10.2. The topological polar surface area (TPSA) is 135 Å². The maximum atomic E-state index is 13.3. The van der Waals surface area contributed by atoms with Gasteiger partial charge in [0.05, 0.1) is 39.0 Å². The molecule has 40 heavy (non-hydrogen) atoms. The fourth-order valence-electron chi connectivity index (χ4n) is 3.97. The fourth-order valence-corrected chi connectivity index (χ4v) is 3.97. The summed E-state index contributed by atoms with van der Waals surface area (Å²) in [6, 6.07) is 17.3. The first-order valence-electron chi connectivity index (χ1n) is 12.3. The van der Waals surface area contributed by atoms with Gasteiger partial charge in [-0.25, -0.2) is 14.4 Å². The van der Waals surface area contributed by atoms with Crippen LogP contribution in [-0.4, -0.2) is 44.7 Å². The van der Waals surface area contributed by atoms with Crippen LogP contribution in [0.3, 0.4) is 0 Å². The molecule has 1 N–H and O–H groups in total. The molecule has 1 aromatic heterocycles. The van der Waals surface area contributed by atoms with Gasteiger partial charge >= 0.3 is 18.3 Å². The number of carbonyl (C=O) groups excluding carboxylic acids is 3. The molecule has 0 spiro atoms. The first kappa shape index (κ1) is 27.8. The fraction of sp³-hybridized carbons (Fsp3) is 0.267. The summed E-state index contributed by atoms with van der Waals surface area (Å²) >= 11 is 0. The molecular weight excluding hydrogens is 512 g/mol. The van der Waals surface area contributed by atoms with Crippen molar-refractivity contribution in [3.63, 3.8) is 0 Å². The molecule has 10 heteroatoms. The highest BCUT2D eigenvalue weighted by Gasteiger charge is 2.39. The minimum absolute atomic E-state index is 0.0295. The Morgan fingerprint density at radius 1 is 0.875 bits per heavy atom. The van der Waals surface area contributed by atoms with Crippen molar-refractivity contribution >= 4 is 23.8 Å². The van der Waals surface area contributed by atoms with Crippen LogP contribution in [0.5, 0.6) is 5.88 Å². The van der Waals surface area contributed by atoms with Gasteiger partial charge in [-0.15, -0.1) is 0 Å². The molecule has 2 heterocycles. The van der Waals surface area contributed by atoms with Crippen LogP contribution in [0.4, 0.5) is 9.59 Å². The van der Waals surface area contributed by atoms with Crippen molar-refractivity contribution in [3.8, 4) is 29.3 Å². The van der Waals surface area contributed by atoms with E-state index in [1.54, 1.807) is 90.1 Å². The van der Waals surface area contributed by atoms with Gasteiger partial charge in [0.15, 0.2) is 0 Å². The molecule has 1 aliphatic heterocycles. The third kappa shape index (κ3) is 5.77. The van der Waals surface area contributed by atoms with Crippen LogP contribution in [0.25, 0.3) is 16.1 Å². The van der Waals surface area contributed by atoms with Gasteiger partial charge < -0.3 is 14.6 Å². The van der Waals surface area contributed by atoms with E-state index >= 15 is 0 Å². The van der Waals surface area contributed by atoms with Gasteiger partial charge in [-0.3, -0.25) is 4.79 Å². The van der Waals surface area contributed by atoms with Crippen molar-refractivity contribution < 1.29 is 29.0 Å². The van der Waals surface area contributed by atoms with Crippen molar-refractivity contribution in [2.24, 2.45) is 4.99 Å². The Labute approximate surface area is 230 Å². The monoisotopic (exact) mass is 539 g/mol. The Morgan fingerprint density at radius 2 is 1.43 bits per heavy atom. The van der Waals surface area contributed by atoms with Crippen LogP contribution >= 0.6 is 0 Å². The molecule has 3 aromatic rings. The van der Waals surface area contributed by atoms with Crippen LogP contribution in [0.1, 0.15) is 74.2 Å². The van der Waals surface area contributed by atoms with E-state index in [-0.39, 0.29) is 22.5 Å². The van der Waals surface area contributed by atoms with Gasteiger partial charge in [0, 0.05) is 5.56 Å². The predicted octanol–water partition coefficient (Wildman–Crippen LogP) is 6.12. The number of benzene rings is 2. The van der Waals surface area contributed by atoms with Crippen LogP contribution < -0.4 is 0 Å². The molecule has 202 valence electrons. The lowest BCUT2D eigenvalue weighted by Crippen LogP contribution is -2.27. The van der Waals surface area contributed by atoms with Gasteiger partial charge in [-0.05, 0) is 71.4 Å². The van der Waals surface area contributed by atoms with Crippen molar-refractivity contribution in [1.29, 1.82) is 5.26 Å². The van der Waals surface area contributed by atoms with E-state index in [4.69, 9.17) is 14.7 Å². The first-order valence-corrected chi connectivity index (χ1v) is 12.3. The summed E-state index contributed by atoms with van der Waals surface area (Å²) in [7, 11) is 0. The molecule has 0 saturated heterocycles. The molecule has 0 unspecified atom stereocenters. The van der Waals surface area contributed by atoms with E-state index < -0.39 is 35.2 Å². The summed E-state index contributed by atoms with van der Waals surface area (Å²) in [5.41, 5.74) is 0.513. The largest absolute Gasteiger partial charge is 0.728 e. The average Bonchev–Trinajstić information content (AvgIpc) is 3.36. The zero-order chi connectivity index (χ0) is 29.4.